The zero-order valence-electron chi connectivity index (χ0n) is 11.7. The van der Waals surface area contributed by atoms with Gasteiger partial charge < -0.3 is 14.8 Å². The lowest BCUT2D eigenvalue weighted by molar-refractivity contribution is -0.119. The van der Waals surface area contributed by atoms with Gasteiger partial charge in [-0.1, -0.05) is 6.07 Å². The fourth-order valence-corrected chi connectivity index (χ4v) is 2.45. The molecule has 108 valence electrons. The van der Waals surface area contributed by atoms with E-state index in [1.807, 2.05) is 23.1 Å². The molecule has 1 saturated heterocycles. The minimum Gasteiger partial charge on any atom is -0.497 e. The van der Waals surface area contributed by atoms with Crippen LogP contribution >= 0.6 is 0 Å². The van der Waals surface area contributed by atoms with E-state index in [4.69, 9.17) is 4.74 Å². The van der Waals surface area contributed by atoms with Crippen molar-refractivity contribution in [2.75, 3.05) is 32.1 Å². The molecule has 20 heavy (non-hydrogen) atoms. The van der Waals surface area contributed by atoms with Gasteiger partial charge in [0.15, 0.2) is 0 Å². The van der Waals surface area contributed by atoms with Crippen LogP contribution in [0, 0.1) is 5.92 Å². The fourth-order valence-electron chi connectivity index (χ4n) is 2.45. The molecule has 1 aliphatic heterocycles. The summed E-state index contributed by atoms with van der Waals surface area (Å²) < 4.78 is 5.11. The van der Waals surface area contributed by atoms with Crippen LogP contribution in [0.4, 0.5) is 5.69 Å². The van der Waals surface area contributed by atoms with Gasteiger partial charge in [-0.2, -0.15) is 0 Å². The number of nitrogens with one attached hydrogen (secondary N) is 1. The maximum Gasteiger partial charge on any atom is 0.238 e. The highest BCUT2D eigenvalue weighted by Crippen LogP contribution is 2.17. The average molecular weight is 276 g/mol. The highest BCUT2D eigenvalue weighted by Gasteiger charge is 2.20. The first-order valence-corrected chi connectivity index (χ1v) is 6.83. The SMILES string of the molecule is COc1cccc(NC(=O)CN2CCCC(C=O)C2)c1. The van der Waals surface area contributed by atoms with Gasteiger partial charge in [0.2, 0.25) is 5.91 Å². The normalized spacial score (nSPS) is 19.4. The number of benzene rings is 1. The summed E-state index contributed by atoms with van der Waals surface area (Å²) >= 11 is 0. The Kier molecular flexibility index (Phi) is 5.12. The summed E-state index contributed by atoms with van der Waals surface area (Å²) in [6.07, 6.45) is 2.89. The average Bonchev–Trinajstić information content (AvgIpc) is 2.47. The molecule has 0 spiro atoms. The number of hydrogen-bond acceptors (Lipinski definition) is 4. The summed E-state index contributed by atoms with van der Waals surface area (Å²) in [6, 6.07) is 7.26. The second-order valence-electron chi connectivity index (χ2n) is 5.05. The van der Waals surface area contributed by atoms with Crippen molar-refractivity contribution >= 4 is 17.9 Å². The van der Waals surface area contributed by atoms with Crippen molar-refractivity contribution in [2.24, 2.45) is 5.92 Å². The van der Waals surface area contributed by atoms with Gasteiger partial charge in [-0.05, 0) is 31.5 Å². The van der Waals surface area contributed by atoms with Crippen LogP contribution in [0.15, 0.2) is 24.3 Å². The Hall–Kier alpha value is -1.88. The van der Waals surface area contributed by atoms with Gasteiger partial charge >= 0.3 is 0 Å². The van der Waals surface area contributed by atoms with Gasteiger partial charge in [0.1, 0.15) is 12.0 Å². The van der Waals surface area contributed by atoms with Crippen molar-refractivity contribution < 1.29 is 14.3 Å². The van der Waals surface area contributed by atoms with E-state index in [-0.39, 0.29) is 11.8 Å². The van der Waals surface area contributed by atoms with Crippen LogP contribution in [0.2, 0.25) is 0 Å². The van der Waals surface area contributed by atoms with Crippen LogP contribution in [0.25, 0.3) is 0 Å². The summed E-state index contributed by atoms with van der Waals surface area (Å²) in [4.78, 5) is 24.8. The Morgan fingerprint density at radius 2 is 2.40 bits per heavy atom. The van der Waals surface area contributed by atoms with Crippen LogP contribution in [0.3, 0.4) is 0 Å². The van der Waals surface area contributed by atoms with Gasteiger partial charge in [-0.15, -0.1) is 0 Å². The monoisotopic (exact) mass is 276 g/mol. The van der Waals surface area contributed by atoms with Crippen molar-refractivity contribution in [3.8, 4) is 5.75 Å². The van der Waals surface area contributed by atoms with E-state index in [2.05, 4.69) is 5.32 Å². The predicted octanol–water partition coefficient (Wildman–Crippen LogP) is 1.54. The molecule has 1 N–H and O–H groups in total. The Balaban J connectivity index is 1.86. The third-order valence-electron chi connectivity index (χ3n) is 3.46. The lowest BCUT2D eigenvalue weighted by Gasteiger charge is -2.29. The quantitative estimate of drug-likeness (QED) is 0.829. The molecule has 5 heteroatoms. The summed E-state index contributed by atoms with van der Waals surface area (Å²) in [6.45, 7) is 1.87. The van der Waals surface area contributed by atoms with Crippen molar-refractivity contribution in [1.29, 1.82) is 0 Å². The van der Waals surface area contributed by atoms with Gasteiger partial charge in [0.25, 0.3) is 0 Å². The van der Waals surface area contributed by atoms with Crippen LogP contribution in [0.5, 0.6) is 5.75 Å². The fraction of sp³-hybridized carbons (Fsp3) is 0.467. The van der Waals surface area contributed by atoms with E-state index < -0.39 is 0 Å². The van der Waals surface area contributed by atoms with Crippen LogP contribution in [-0.4, -0.2) is 43.8 Å². The first-order valence-electron chi connectivity index (χ1n) is 6.83. The number of nitrogens with zero attached hydrogens (tertiary/aromatic N) is 1. The molecule has 0 aliphatic carbocycles. The minimum absolute atomic E-state index is 0.0633. The van der Waals surface area contributed by atoms with E-state index >= 15 is 0 Å². The zero-order valence-corrected chi connectivity index (χ0v) is 11.7. The summed E-state index contributed by atoms with van der Waals surface area (Å²) in [5.41, 5.74) is 0.721. The molecule has 1 amide bonds. The number of carbonyl (C=O) groups excluding carboxylic acids is 2. The number of likely N-dealkylation sites (tertiary alicyclic amines) is 1. The summed E-state index contributed by atoms with van der Waals surface area (Å²) in [5, 5.41) is 2.85. The highest BCUT2D eigenvalue weighted by molar-refractivity contribution is 5.92. The molecular weight excluding hydrogens is 256 g/mol. The molecule has 1 heterocycles. The molecule has 0 aromatic heterocycles. The molecule has 2 rings (SSSR count). The lowest BCUT2D eigenvalue weighted by atomic mass is 10.00. The zero-order chi connectivity index (χ0) is 14.4. The molecule has 1 atom stereocenters. The second kappa shape index (κ2) is 7.05. The number of ether oxygens (including phenoxy) is 1. The van der Waals surface area contributed by atoms with Gasteiger partial charge in [0.05, 0.1) is 13.7 Å². The predicted molar refractivity (Wildman–Crippen MR) is 76.9 cm³/mol. The van der Waals surface area contributed by atoms with Crippen LogP contribution in [-0.2, 0) is 9.59 Å². The van der Waals surface area contributed by atoms with Crippen molar-refractivity contribution in [3.63, 3.8) is 0 Å². The molecule has 1 aliphatic rings. The van der Waals surface area contributed by atoms with E-state index in [1.54, 1.807) is 13.2 Å². The molecule has 1 unspecified atom stereocenters. The second-order valence-corrected chi connectivity index (χ2v) is 5.05. The number of rotatable bonds is 5. The van der Waals surface area contributed by atoms with E-state index in [0.29, 0.717) is 18.8 Å². The molecule has 0 radical (unpaired) electrons. The van der Waals surface area contributed by atoms with E-state index in [9.17, 15) is 9.59 Å². The number of hydrogen-bond donors (Lipinski definition) is 1. The van der Waals surface area contributed by atoms with Crippen molar-refractivity contribution in [1.82, 2.24) is 4.90 Å². The molecular formula is C15H20N2O3. The summed E-state index contributed by atoms with van der Waals surface area (Å²) in [5.74, 6) is 0.708. The first-order chi connectivity index (χ1) is 9.71. The van der Waals surface area contributed by atoms with Crippen molar-refractivity contribution in [3.05, 3.63) is 24.3 Å². The molecule has 5 nitrogen and oxygen atoms in total. The van der Waals surface area contributed by atoms with Gasteiger partial charge in [-0.25, -0.2) is 0 Å². The molecule has 1 aromatic carbocycles. The third kappa shape index (κ3) is 4.06. The largest absolute Gasteiger partial charge is 0.497 e. The summed E-state index contributed by atoms with van der Waals surface area (Å²) in [7, 11) is 1.59. The number of piperidine rings is 1. The molecule has 0 saturated carbocycles. The standard InChI is InChI=1S/C15H20N2O3/c1-20-14-6-2-5-13(8-14)16-15(19)10-17-7-3-4-12(9-17)11-18/h2,5-6,8,11-12H,3-4,7,9-10H2,1H3,(H,16,19). The number of carbonyl (C=O) groups is 2. The maximum atomic E-state index is 12.0. The minimum atomic E-state index is -0.0650. The van der Waals surface area contributed by atoms with Crippen molar-refractivity contribution in [2.45, 2.75) is 12.8 Å². The van der Waals surface area contributed by atoms with Crippen LogP contribution < -0.4 is 10.1 Å². The van der Waals surface area contributed by atoms with Gasteiger partial charge in [-0.3, -0.25) is 9.69 Å². The van der Waals surface area contributed by atoms with Crippen LogP contribution in [0.1, 0.15) is 12.8 Å². The topological polar surface area (TPSA) is 58.6 Å². The molecule has 1 fully saturated rings. The van der Waals surface area contributed by atoms with E-state index in [0.717, 1.165) is 31.4 Å². The third-order valence-corrected chi connectivity index (χ3v) is 3.46. The maximum absolute atomic E-state index is 12.0. The van der Waals surface area contributed by atoms with Gasteiger partial charge in [0, 0.05) is 24.2 Å². The molecule has 0 bridgehead atoms. The number of methoxy groups -OCH3 is 1. The lowest BCUT2D eigenvalue weighted by Crippen LogP contribution is -2.40. The Morgan fingerprint density at radius 3 is 3.15 bits per heavy atom. The Labute approximate surface area is 118 Å². The van der Waals surface area contributed by atoms with E-state index in [1.165, 1.54) is 0 Å². The smallest absolute Gasteiger partial charge is 0.238 e. The Bertz CT molecular complexity index is 476. The molecule has 1 aromatic rings. The Morgan fingerprint density at radius 1 is 1.55 bits per heavy atom. The number of anilines is 1. The number of aldehydes is 1. The first kappa shape index (κ1) is 14.5. The number of amides is 1. The highest BCUT2D eigenvalue weighted by atomic mass is 16.5.